The molecule has 1 saturated carbocycles. The van der Waals surface area contributed by atoms with Crippen LogP contribution >= 0.6 is 22.6 Å². The number of hydrogen-bond acceptors (Lipinski definition) is 3. The van der Waals surface area contributed by atoms with Crippen LogP contribution in [0.3, 0.4) is 0 Å². The molecule has 1 aromatic heterocycles. The van der Waals surface area contributed by atoms with E-state index >= 15 is 0 Å². The zero-order valence-corrected chi connectivity index (χ0v) is 16.0. The third kappa shape index (κ3) is 4.37. The van der Waals surface area contributed by atoms with Crippen LogP contribution in [0.5, 0.6) is 0 Å². The van der Waals surface area contributed by atoms with Gasteiger partial charge in [0, 0.05) is 42.4 Å². The Morgan fingerprint density at radius 1 is 1.26 bits per heavy atom. The zero-order valence-electron chi connectivity index (χ0n) is 13.9. The summed E-state index contributed by atoms with van der Waals surface area (Å²) < 4.78 is 1.17. The molecule has 4 nitrogen and oxygen atoms in total. The van der Waals surface area contributed by atoms with E-state index in [0.717, 1.165) is 37.7 Å². The minimum atomic E-state index is 0.389. The normalized spacial score (nSPS) is 25.5. The van der Waals surface area contributed by atoms with Crippen molar-refractivity contribution in [2.75, 3.05) is 25.0 Å². The van der Waals surface area contributed by atoms with Crippen molar-refractivity contribution < 1.29 is 4.79 Å². The molecule has 5 heteroatoms. The van der Waals surface area contributed by atoms with Crippen LogP contribution in [0.1, 0.15) is 44.9 Å². The number of anilines is 1. The second-order valence-electron chi connectivity index (χ2n) is 6.93. The number of nitrogens with zero attached hydrogens (tertiary/aromatic N) is 3. The molecule has 2 heterocycles. The predicted molar refractivity (Wildman–Crippen MR) is 102 cm³/mol. The van der Waals surface area contributed by atoms with Crippen LogP contribution in [0.25, 0.3) is 0 Å². The molecule has 0 N–H and O–H groups in total. The van der Waals surface area contributed by atoms with Crippen LogP contribution in [-0.2, 0) is 4.79 Å². The van der Waals surface area contributed by atoms with E-state index in [1.54, 1.807) is 0 Å². The van der Waals surface area contributed by atoms with Crippen molar-refractivity contribution in [2.45, 2.75) is 51.0 Å². The Morgan fingerprint density at radius 3 is 2.70 bits per heavy atom. The Balaban J connectivity index is 1.49. The Morgan fingerprint density at radius 2 is 2.04 bits per heavy atom. The van der Waals surface area contributed by atoms with Gasteiger partial charge in [0.2, 0.25) is 5.91 Å². The van der Waals surface area contributed by atoms with Gasteiger partial charge >= 0.3 is 0 Å². The quantitative estimate of drug-likeness (QED) is 0.688. The average Bonchev–Trinajstić information content (AvgIpc) is 2.57. The molecule has 0 atom stereocenters. The summed E-state index contributed by atoms with van der Waals surface area (Å²) in [6.45, 7) is 2.05. The first-order chi connectivity index (χ1) is 11.1. The molecule has 126 valence electrons. The van der Waals surface area contributed by atoms with Crippen LogP contribution in [0.15, 0.2) is 18.3 Å². The predicted octanol–water partition coefficient (Wildman–Crippen LogP) is 3.69. The number of hydrogen-bond donors (Lipinski definition) is 0. The summed E-state index contributed by atoms with van der Waals surface area (Å²) in [4.78, 5) is 21.0. The van der Waals surface area contributed by atoms with Gasteiger partial charge in [-0.3, -0.25) is 4.79 Å². The zero-order chi connectivity index (χ0) is 16.2. The fourth-order valence-corrected chi connectivity index (χ4v) is 4.25. The van der Waals surface area contributed by atoms with Gasteiger partial charge in [-0.1, -0.05) is 0 Å². The van der Waals surface area contributed by atoms with Crippen molar-refractivity contribution in [3.63, 3.8) is 0 Å². The van der Waals surface area contributed by atoms with Crippen molar-refractivity contribution in [1.29, 1.82) is 0 Å². The van der Waals surface area contributed by atoms with Crippen LogP contribution in [0.2, 0.25) is 0 Å². The lowest BCUT2D eigenvalue weighted by Crippen LogP contribution is -2.45. The Labute approximate surface area is 152 Å². The van der Waals surface area contributed by atoms with Gasteiger partial charge in [0.1, 0.15) is 5.82 Å². The standard InChI is InChI=1S/C18H26IN3O/c1-21(17-10-7-15(19)12-20-17)13-14-5-8-16(9-6-14)22-11-3-2-4-18(22)23/h7,10,12,14,16H,2-6,8-9,11,13H2,1H3/t14-,16-. The fourth-order valence-electron chi connectivity index (χ4n) is 3.93. The van der Waals surface area contributed by atoms with Crippen LogP contribution in [0.4, 0.5) is 5.82 Å². The number of amides is 1. The van der Waals surface area contributed by atoms with Gasteiger partial charge in [0.05, 0.1) is 0 Å². The minimum Gasteiger partial charge on any atom is -0.359 e. The fraction of sp³-hybridized carbons (Fsp3) is 0.667. The summed E-state index contributed by atoms with van der Waals surface area (Å²) in [6, 6.07) is 4.71. The summed E-state index contributed by atoms with van der Waals surface area (Å²) in [5.74, 6) is 2.16. The first-order valence-corrected chi connectivity index (χ1v) is 9.83. The summed E-state index contributed by atoms with van der Waals surface area (Å²) in [7, 11) is 2.13. The average molecular weight is 427 g/mol. The summed E-state index contributed by atoms with van der Waals surface area (Å²) in [5, 5.41) is 0. The van der Waals surface area contributed by atoms with Crippen LogP contribution in [0, 0.1) is 9.49 Å². The second kappa shape index (κ2) is 7.81. The van der Waals surface area contributed by atoms with E-state index in [1.165, 1.54) is 35.7 Å². The van der Waals surface area contributed by atoms with Crippen molar-refractivity contribution in [2.24, 2.45) is 5.92 Å². The van der Waals surface area contributed by atoms with Crippen molar-refractivity contribution in [3.05, 3.63) is 21.9 Å². The molecule has 0 aromatic carbocycles. The van der Waals surface area contributed by atoms with Gasteiger partial charge in [-0.2, -0.15) is 0 Å². The number of aromatic nitrogens is 1. The Bertz CT molecular complexity index is 526. The third-order valence-electron chi connectivity index (χ3n) is 5.25. The lowest BCUT2D eigenvalue weighted by molar-refractivity contribution is -0.136. The smallest absolute Gasteiger partial charge is 0.222 e. The second-order valence-corrected chi connectivity index (χ2v) is 8.18. The van der Waals surface area contributed by atoms with E-state index in [1.807, 2.05) is 6.20 Å². The van der Waals surface area contributed by atoms with Gasteiger partial charge in [0.15, 0.2) is 0 Å². The van der Waals surface area contributed by atoms with E-state index in [9.17, 15) is 4.79 Å². The lowest BCUT2D eigenvalue weighted by atomic mass is 9.84. The SMILES string of the molecule is CN(C[C@H]1CC[C@H](N2CCCCC2=O)CC1)c1ccc(I)cn1. The number of carbonyl (C=O) groups excluding carboxylic acids is 1. The first-order valence-electron chi connectivity index (χ1n) is 8.75. The molecular weight excluding hydrogens is 401 g/mol. The molecule has 0 radical (unpaired) electrons. The number of halogens is 1. The van der Waals surface area contributed by atoms with E-state index in [2.05, 4.69) is 56.6 Å². The summed E-state index contributed by atoms with van der Waals surface area (Å²) in [5.41, 5.74) is 0. The Kier molecular flexibility index (Phi) is 5.77. The minimum absolute atomic E-state index is 0.389. The molecule has 0 spiro atoms. The topological polar surface area (TPSA) is 36.4 Å². The number of rotatable bonds is 4. The molecule has 2 fully saturated rings. The molecule has 0 bridgehead atoms. The van der Waals surface area contributed by atoms with Crippen LogP contribution < -0.4 is 4.90 Å². The first kappa shape index (κ1) is 17.0. The van der Waals surface area contributed by atoms with E-state index in [4.69, 9.17) is 0 Å². The molecule has 1 aliphatic carbocycles. The maximum Gasteiger partial charge on any atom is 0.222 e. The molecule has 3 rings (SSSR count). The van der Waals surface area contributed by atoms with E-state index in [0.29, 0.717) is 11.9 Å². The highest BCUT2D eigenvalue weighted by atomic mass is 127. The monoisotopic (exact) mass is 427 g/mol. The molecule has 1 amide bonds. The van der Waals surface area contributed by atoms with E-state index < -0.39 is 0 Å². The van der Waals surface area contributed by atoms with Crippen molar-refractivity contribution in [3.8, 4) is 0 Å². The summed E-state index contributed by atoms with van der Waals surface area (Å²) in [6.07, 6.45) is 9.75. The van der Waals surface area contributed by atoms with Crippen LogP contribution in [-0.4, -0.2) is 42.0 Å². The van der Waals surface area contributed by atoms with Gasteiger partial charge < -0.3 is 9.80 Å². The van der Waals surface area contributed by atoms with Gasteiger partial charge in [-0.05, 0) is 79.2 Å². The Hall–Kier alpha value is -0.850. The number of likely N-dealkylation sites (tertiary alicyclic amines) is 1. The van der Waals surface area contributed by atoms with E-state index in [-0.39, 0.29) is 0 Å². The summed E-state index contributed by atoms with van der Waals surface area (Å²) >= 11 is 2.29. The largest absolute Gasteiger partial charge is 0.359 e. The molecule has 1 aliphatic heterocycles. The highest BCUT2D eigenvalue weighted by Gasteiger charge is 2.30. The van der Waals surface area contributed by atoms with Gasteiger partial charge in [-0.25, -0.2) is 4.98 Å². The number of carbonyl (C=O) groups is 1. The van der Waals surface area contributed by atoms with Gasteiger partial charge in [0.25, 0.3) is 0 Å². The number of piperidine rings is 1. The number of pyridine rings is 1. The highest BCUT2D eigenvalue weighted by molar-refractivity contribution is 14.1. The third-order valence-corrected chi connectivity index (χ3v) is 5.89. The lowest BCUT2D eigenvalue weighted by Gasteiger charge is -2.39. The molecule has 2 aliphatic rings. The molecule has 1 saturated heterocycles. The maximum atomic E-state index is 12.1. The molecule has 23 heavy (non-hydrogen) atoms. The highest BCUT2D eigenvalue weighted by Crippen LogP contribution is 2.30. The molecular formula is C18H26IN3O. The molecule has 1 aromatic rings. The maximum absolute atomic E-state index is 12.1. The van der Waals surface area contributed by atoms with Crippen molar-refractivity contribution in [1.82, 2.24) is 9.88 Å². The van der Waals surface area contributed by atoms with Crippen molar-refractivity contribution >= 4 is 34.3 Å². The van der Waals surface area contributed by atoms with Gasteiger partial charge in [-0.15, -0.1) is 0 Å². The molecule has 0 unspecified atom stereocenters.